The molecule has 0 aromatic carbocycles. The van der Waals surface area contributed by atoms with Gasteiger partial charge in [-0.05, 0) is 19.1 Å². The Balaban J connectivity index is 2.26. The maximum atomic E-state index is 12.1. The minimum Gasteiger partial charge on any atom is -0.313 e. The molecule has 0 saturated carbocycles. The molecule has 0 unspecified atom stereocenters. The molecule has 0 amide bonds. The average Bonchev–Trinajstić information content (AvgIpc) is 2.49. The molecule has 6 heteroatoms. The number of hydrogen-bond donors (Lipinski definition) is 1. The zero-order chi connectivity index (χ0) is 11.1. The van der Waals surface area contributed by atoms with Gasteiger partial charge in [0.1, 0.15) is 4.21 Å². The molecule has 15 heavy (non-hydrogen) atoms. The zero-order valence-corrected chi connectivity index (χ0v) is 10.4. The lowest BCUT2D eigenvalue weighted by Crippen LogP contribution is -2.57. The van der Waals surface area contributed by atoms with Gasteiger partial charge in [0, 0.05) is 31.1 Å². The first-order valence-corrected chi connectivity index (χ1v) is 7.02. The molecule has 2 rings (SSSR count). The maximum Gasteiger partial charge on any atom is 0.252 e. The summed E-state index contributed by atoms with van der Waals surface area (Å²) >= 11 is 1.32. The molecule has 1 N–H and O–H groups in total. The summed E-state index contributed by atoms with van der Waals surface area (Å²) in [5, 5.41) is 3.07. The fraction of sp³-hybridized carbons (Fsp3) is 0.556. The van der Waals surface area contributed by atoms with Crippen molar-refractivity contribution < 1.29 is 8.42 Å². The van der Waals surface area contributed by atoms with E-state index in [1.165, 1.54) is 15.6 Å². The van der Waals surface area contributed by atoms with Crippen LogP contribution in [-0.4, -0.2) is 38.9 Å². The molecule has 2 heterocycles. The van der Waals surface area contributed by atoms with Gasteiger partial charge in [-0.25, -0.2) is 8.42 Å². The molecule has 1 aromatic heterocycles. The first kappa shape index (κ1) is 11.1. The third-order valence-corrected chi connectivity index (χ3v) is 6.00. The van der Waals surface area contributed by atoms with Gasteiger partial charge in [0.2, 0.25) is 0 Å². The summed E-state index contributed by atoms with van der Waals surface area (Å²) in [5.74, 6) is 0. The standard InChI is InChI=1S/C9H14N2O2S2/c1-7-3-4-9(14-7)15(12,13)11(2)8-5-10-6-8/h3-4,8,10H,5-6H2,1-2H3. The van der Waals surface area contributed by atoms with Gasteiger partial charge in [-0.3, -0.25) is 0 Å². The topological polar surface area (TPSA) is 49.4 Å². The van der Waals surface area contributed by atoms with Crippen molar-refractivity contribution >= 4 is 21.4 Å². The average molecular weight is 246 g/mol. The fourth-order valence-electron chi connectivity index (χ4n) is 1.42. The lowest BCUT2D eigenvalue weighted by Gasteiger charge is -2.34. The van der Waals surface area contributed by atoms with Gasteiger partial charge in [-0.1, -0.05) is 0 Å². The van der Waals surface area contributed by atoms with Crippen molar-refractivity contribution in [3.05, 3.63) is 17.0 Å². The number of nitrogens with zero attached hydrogens (tertiary/aromatic N) is 1. The molecule has 1 fully saturated rings. The van der Waals surface area contributed by atoms with E-state index in [2.05, 4.69) is 5.32 Å². The molecule has 0 aliphatic carbocycles. The van der Waals surface area contributed by atoms with Crippen LogP contribution in [0.4, 0.5) is 0 Å². The summed E-state index contributed by atoms with van der Waals surface area (Å²) in [6.45, 7) is 3.41. The minimum atomic E-state index is -3.27. The van der Waals surface area contributed by atoms with Crippen LogP contribution in [0.15, 0.2) is 16.3 Å². The number of aryl methyl sites for hydroxylation is 1. The molecule has 1 aromatic rings. The Labute approximate surface area is 94.0 Å². The SMILES string of the molecule is Cc1ccc(S(=O)(=O)N(C)C2CNC2)s1. The van der Waals surface area contributed by atoms with Crippen molar-refractivity contribution in [1.82, 2.24) is 9.62 Å². The van der Waals surface area contributed by atoms with E-state index in [0.29, 0.717) is 4.21 Å². The number of nitrogens with one attached hydrogen (secondary N) is 1. The highest BCUT2D eigenvalue weighted by Gasteiger charge is 2.32. The zero-order valence-electron chi connectivity index (χ0n) is 8.73. The number of sulfonamides is 1. The Kier molecular flexibility index (Phi) is 2.85. The van der Waals surface area contributed by atoms with Crippen LogP contribution in [0.2, 0.25) is 0 Å². The number of thiophene rings is 1. The predicted octanol–water partition coefficient (Wildman–Crippen LogP) is 0.649. The van der Waals surface area contributed by atoms with Gasteiger partial charge in [0.05, 0.1) is 0 Å². The van der Waals surface area contributed by atoms with Gasteiger partial charge in [0.15, 0.2) is 0 Å². The fourth-order valence-corrected chi connectivity index (χ4v) is 4.24. The van der Waals surface area contributed by atoms with E-state index in [0.717, 1.165) is 18.0 Å². The van der Waals surface area contributed by atoms with Crippen molar-refractivity contribution in [2.45, 2.75) is 17.2 Å². The van der Waals surface area contributed by atoms with Crippen LogP contribution in [0.25, 0.3) is 0 Å². The third kappa shape index (κ3) is 1.94. The first-order valence-electron chi connectivity index (χ1n) is 4.77. The van der Waals surface area contributed by atoms with E-state index < -0.39 is 10.0 Å². The lowest BCUT2D eigenvalue weighted by molar-refractivity contribution is 0.274. The molecular weight excluding hydrogens is 232 g/mol. The summed E-state index contributed by atoms with van der Waals surface area (Å²) in [6, 6.07) is 3.62. The molecule has 0 spiro atoms. The molecular formula is C9H14N2O2S2. The molecule has 1 aliphatic heterocycles. The Morgan fingerprint density at radius 2 is 2.13 bits per heavy atom. The van der Waals surface area contributed by atoms with Gasteiger partial charge in [-0.2, -0.15) is 4.31 Å². The van der Waals surface area contributed by atoms with Crippen LogP contribution < -0.4 is 5.32 Å². The highest BCUT2D eigenvalue weighted by atomic mass is 32.2. The normalized spacial score (nSPS) is 18.1. The third-order valence-electron chi connectivity index (χ3n) is 2.62. The van der Waals surface area contributed by atoms with Crippen molar-refractivity contribution in [3.63, 3.8) is 0 Å². The maximum absolute atomic E-state index is 12.1. The van der Waals surface area contributed by atoms with E-state index in [-0.39, 0.29) is 6.04 Å². The summed E-state index contributed by atoms with van der Waals surface area (Å²) < 4.78 is 26.1. The highest BCUT2D eigenvalue weighted by molar-refractivity contribution is 7.91. The molecule has 0 atom stereocenters. The van der Waals surface area contributed by atoms with Crippen molar-refractivity contribution in [1.29, 1.82) is 0 Å². The Bertz CT molecular complexity index is 448. The van der Waals surface area contributed by atoms with Crippen LogP contribution in [0.5, 0.6) is 0 Å². The summed E-state index contributed by atoms with van der Waals surface area (Å²) in [6.07, 6.45) is 0. The molecule has 4 nitrogen and oxygen atoms in total. The summed E-state index contributed by atoms with van der Waals surface area (Å²) in [4.78, 5) is 1.02. The molecule has 1 aliphatic rings. The Morgan fingerprint density at radius 3 is 2.53 bits per heavy atom. The van der Waals surface area contributed by atoms with E-state index in [4.69, 9.17) is 0 Å². The smallest absolute Gasteiger partial charge is 0.252 e. The second kappa shape index (κ2) is 3.86. The summed E-state index contributed by atoms with van der Waals surface area (Å²) in [7, 11) is -1.62. The Hall–Kier alpha value is -0.430. The second-order valence-corrected chi connectivity index (χ2v) is 7.21. The van der Waals surface area contributed by atoms with Crippen molar-refractivity contribution in [3.8, 4) is 0 Å². The van der Waals surface area contributed by atoms with Crippen LogP contribution in [0, 0.1) is 6.92 Å². The number of hydrogen-bond acceptors (Lipinski definition) is 4. The largest absolute Gasteiger partial charge is 0.313 e. The highest BCUT2D eigenvalue weighted by Crippen LogP contribution is 2.25. The van der Waals surface area contributed by atoms with Crippen LogP contribution in [-0.2, 0) is 10.0 Å². The summed E-state index contributed by atoms with van der Waals surface area (Å²) in [5.41, 5.74) is 0. The predicted molar refractivity (Wildman–Crippen MR) is 60.7 cm³/mol. The van der Waals surface area contributed by atoms with Gasteiger partial charge in [-0.15, -0.1) is 11.3 Å². The van der Waals surface area contributed by atoms with Gasteiger partial charge in [0.25, 0.3) is 10.0 Å². The van der Waals surface area contributed by atoms with Gasteiger partial charge < -0.3 is 5.32 Å². The minimum absolute atomic E-state index is 0.109. The molecule has 1 saturated heterocycles. The lowest BCUT2D eigenvalue weighted by atomic mass is 10.2. The monoisotopic (exact) mass is 246 g/mol. The molecule has 84 valence electrons. The second-order valence-electron chi connectivity index (χ2n) is 3.70. The van der Waals surface area contributed by atoms with E-state index >= 15 is 0 Å². The van der Waals surface area contributed by atoms with E-state index in [1.807, 2.05) is 13.0 Å². The van der Waals surface area contributed by atoms with Crippen LogP contribution >= 0.6 is 11.3 Å². The van der Waals surface area contributed by atoms with Crippen LogP contribution in [0.1, 0.15) is 4.88 Å². The first-order chi connectivity index (χ1) is 7.01. The quantitative estimate of drug-likeness (QED) is 0.852. The number of rotatable bonds is 3. The van der Waals surface area contributed by atoms with Crippen LogP contribution in [0.3, 0.4) is 0 Å². The van der Waals surface area contributed by atoms with Gasteiger partial charge >= 0.3 is 0 Å². The van der Waals surface area contributed by atoms with Crippen molar-refractivity contribution in [2.24, 2.45) is 0 Å². The molecule has 0 bridgehead atoms. The van der Waals surface area contributed by atoms with E-state index in [1.54, 1.807) is 13.1 Å². The molecule has 0 radical (unpaired) electrons. The number of likely N-dealkylation sites (N-methyl/N-ethyl adjacent to an activating group) is 1. The van der Waals surface area contributed by atoms with Crippen molar-refractivity contribution in [2.75, 3.05) is 20.1 Å². The van der Waals surface area contributed by atoms with E-state index in [9.17, 15) is 8.42 Å². The Morgan fingerprint density at radius 1 is 1.47 bits per heavy atom.